The number of carbonyl (C=O) groups is 1. The van der Waals surface area contributed by atoms with E-state index in [4.69, 9.17) is 5.11 Å². The van der Waals surface area contributed by atoms with Gasteiger partial charge in [0.05, 0.1) is 0 Å². The molecule has 0 amide bonds. The van der Waals surface area contributed by atoms with Crippen molar-refractivity contribution in [1.82, 2.24) is 9.80 Å². The molecule has 1 heterocycles. The fourth-order valence-corrected chi connectivity index (χ4v) is 3.10. The molecule has 4 nitrogen and oxygen atoms in total. The zero-order chi connectivity index (χ0) is 15.2. The molecule has 1 aromatic rings. The van der Waals surface area contributed by atoms with Gasteiger partial charge in [0.2, 0.25) is 0 Å². The van der Waals surface area contributed by atoms with E-state index in [9.17, 15) is 4.79 Å². The van der Waals surface area contributed by atoms with Crippen LogP contribution < -0.4 is 0 Å². The second-order valence-corrected chi connectivity index (χ2v) is 5.80. The molecule has 0 saturated carbocycles. The van der Waals surface area contributed by atoms with Gasteiger partial charge in [-0.25, -0.2) is 0 Å². The van der Waals surface area contributed by atoms with Crippen LogP contribution in [-0.4, -0.2) is 53.1 Å². The van der Waals surface area contributed by atoms with Gasteiger partial charge in [0, 0.05) is 32.2 Å². The molecule has 0 bridgehead atoms. The van der Waals surface area contributed by atoms with Gasteiger partial charge in [-0.1, -0.05) is 43.7 Å². The Morgan fingerprint density at radius 3 is 2.24 bits per heavy atom. The Balaban J connectivity index is 2.00. The number of hydrogen-bond donors (Lipinski definition) is 1. The summed E-state index contributed by atoms with van der Waals surface area (Å²) >= 11 is 0. The van der Waals surface area contributed by atoms with Crippen molar-refractivity contribution < 1.29 is 9.90 Å². The summed E-state index contributed by atoms with van der Waals surface area (Å²) in [6, 6.07) is 10.7. The molecule has 1 aromatic carbocycles. The Hall–Kier alpha value is -1.39. The molecule has 0 aliphatic carbocycles. The standard InChI is InChI=1S/C17H26N2O2/c1-3-7-16(15-8-5-4-6-9-15)19-12-10-18(11-13-19)14(2)17(20)21/h4-6,8-9,14,16H,3,7,10-13H2,1-2H3,(H,20,21). The second kappa shape index (κ2) is 7.57. The van der Waals surface area contributed by atoms with Gasteiger partial charge in [-0.2, -0.15) is 0 Å². The predicted molar refractivity (Wildman–Crippen MR) is 84.3 cm³/mol. The van der Waals surface area contributed by atoms with Gasteiger partial charge in [-0.15, -0.1) is 0 Å². The van der Waals surface area contributed by atoms with Crippen LogP contribution in [0.1, 0.15) is 38.3 Å². The van der Waals surface area contributed by atoms with Crippen molar-refractivity contribution in [3.05, 3.63) is 35.9 Å². The van der Waals surface area contributed by atoms with Crippen LogP contribution in [0.15, 0.2) is 30.3 Å². The third-order valence-electron chi connectivity index (χ3n) is 4.44. The highest BCUT2D eigenvalue weighted by Gasteiger charge is 2.28. The molecule has 1 saturated heterocycles. The van der Waals surface area contributed by atoms with E-state index in [0.717, 1.165) is 39.0 Å². The summed E-state index contributed by atoms with van der Waals surface area (Å²) < 4.78 is 0. The summed E-state index contributed by atoms with van der Waals surface area (Å²) in [5.41, 5.74) is 1.37. The van der Waals surface area contributed by atoms with Gasteiger partial charge in [-0.05, 0) is 18.9 Å². The molecule has 1 aliphatic heterocycles. The highest BCUT2D eigenvalue weighted by Crippen LogP contribution is 2.26. The molecule has 4 heteroatoms. The molecular formula is C17H26N2O2. The van der Waals surface area contributed by atoms with Gasteiger partial charge in [-0.3, -0.25) is 14.6 Å². The van der Waals surface area contributed by atoms with Crippen molar-refractivity contribution in [1.29, 1.82) is 0 Å². The van der Waals surface area contributed by atoms with Crippen LogP contribution in [0.4, 0.5) is 0 Å². The summed E-state index contributed by atoms with van der Waals surface area (Å²) in [5, 5.41) is 9.12. The summed E-state index contributed by atoms with van der Waals surface area (Å²) in [7, 11) is 0. The normalized spacial score (nSPS) is 20.1. The highest BCUT2D eigenvalue weighted by molar-refractivity contribution is 5.72. The predicted octanol–water partition coefficient (Wildman–Crippen LogP) is 2.62. The van der Waals surface area contributed by atoms with Crippen molar-refractivity contribution in [2.75, 3.05) is 26.2 Å². The van der Waals surface area contributed by atoms with Crippen LogP contribution in [0.2, 0.25) is 0 Å². The number of nitrogens with zero attached hydrogens (tertiary/aromatic N) is 2. The maximum atomic E-state index is 11.1. The summed E-state index contributed by atoms with van der Waals surface area (Å²) in [6.45, 7) is 7.55. The largest absolute Gasteiger partial charge is 0.480 e. The lowest BCUT2D eigenvalue weighted by Crippen LogP contribution is -2.52. The van der Waals surface area contributed by atoms with Crippen molar-refractivity contribution in [3.8, 4) is 0 Å². The molecule has 2 rings (SSSR count). The Morgan fingerprint density at radius 1 is 1.14 bits per heavy atom. The number of benzene rings is 1. The first-order valence-corrected chi connectivity index (χ1v) is 7.89. The van der Waals surface area contributed by atoms with E-state index in [-0.39, 0.29) is 6.04 Å². The zero-order valence-electron chi connectivity index (χ0n) is 13.0. The van der Waals surface area contributed by atoms with Crippen LogP contribution in [-0.2, 0) is 4.79 Å². The first kappa shape index (κ1) is 16.0. The Morgan fingerprint density at radius 2 is 1.71 bits per heavy atom. The number of hydrogen-bond acceptors (Lipinski definition) is 3. The monoisotopic (exact) mass is 290 g/mol. The smallest absolute Gasteiger partial charge is 0.320 e. The summed E-state index contributed by atoms with van der Waals surface area (Å²) in [6.07, 6.45) is 2.31. The van der Waals surface area contributed by atoms with Crippen LogP contribution in [0, 0.1) is 0 Å². The zero-order valence-corrected chi connectivity index (χ0v) is 13.0. The number of carboxylic acids is 1. The Kier molecular flexibility index (Phi) is 5.76. The van der Waals surface area contributed by atoms with E-state index < -0.39 is 5.97 Å². The molecule has 0 aromatic heterocycles. The fraction of sp³-hybridized carbons (Fsp3) is 0.588. The minimum absolute atomic E-state index is 0.381. The molecule has 116 valence electrons. The topological polar surface area (TPSA) is 43.8 Å². The molecule has 1 aliphatic rings. The van der Waals surface area contributed by atoms with Gasteiger partial charge in [0.25, 0.3) is 0 Å². The van der Waals surface area contributed by atoms with Gasteiger partial charge in [0.15, 0.2) is 0 Å². The molecule has 0 radical (unpaired) electrons. The Bertz CT molecular complexity index is 441. The van der Waals surface area contributed by atoms with Gasteiger partial charge < -0.3 is 5.11 Å². The fourth-order valence-electron chi connectivity index (χ4n) is 3.10. The van der Waals surface area contributed by atoms with Crippen molar-refractivity contribution in [2.45, 2.75) is 38.8 Å². The van der Waals surface area contributed by atoms with E-state index >= 15 is 0 Å². The molecule has 1 N–H and O–H groups in total. The average molecular weight is 290 g/mol. The van der Waals surface area contributed by atoms with Crippen LogP contribution in [0.3, 0.4) is 0 Å². The van der Waals surface area contributed by atoms with E-state index in [0.29, 0.717) is 6.04 Å². The lowest BCUT2D eigenvalue weighted by Gasteiger charge is -2.40. The average Bonchev–Trinajstić information content (AvgIpc) is 2.53. The second-order valence-electron chi connectivity index (χ2n) is 5.80. The molecule has 2 unspecified atom stereocenters. The van der Waals surface area contributed by atoms with E-state index in [1.165, 1.54) is 5.56 Å². The van der Waals surface area contributed by atoms with E-state index in [1.807, 2.05) is 0 Å². The lowest BCUT2D eigenvalue weighted by molar-refractivity contribution is -0.143. The first-order chi connectivity index (χ1) is 10.1. The minimum atomic E-state index is -0.725. The van der Waals surface area contributed by atoms with Crippen molar-refractivity contribution in [3.63, 3.8) is 0 Å². The van der Waals surface area contributed by atoms with Crippen molar-refractivity contribution in [2.24, 2.45) is 0 Å². The van der Waals surface area contributed by atoms with Crippen molar-refractivity contribution >= 4 is 5.97 Å². The van der Waals surface area contributed by atoms with Crippen LogP contribution in [0.25, 0.3) is 0 Å². The SMILES string of the molecule is CCCC(c1ccccc1)N1CCN(C(C)C(=O)O)CC1. The summed E-state index contributed by atoms with van der Waals surface area (Å²) in [4.78, 5) is 15.6. The summed E-state index contributed by atoms with van der Waals surface area (Å²) in [5.74, 6) is -0.725. The van der Waals surface area contributed by atoms with Gasteiger partial charge in [0.1, 0.15) is 6.04 Å². The highest BCUT2D eigenvalue weighted by atomic mass is 16.4. The maximum Gasteiger partial charge on any atom is 0.320 e. The van der Waals surface area contributed by atoms with E-state index in [2.05, 4.69) is 47.1 Å². The lowest BCUT2D eigenvalue weighted by atomic mass is 9.99. The molecule has 1 fully saturated rings. The number of carboxylic acid groups (broad SMARTS) is 1. The molecular weight excluding hydrogens is 264 g/mol. The third-order valence-corrected chi connectivity index (χ3v) is 4.44. The van der Waals surface area contributed by atoms with Crippen LogP contribution in [0.5, 0.6) is 0 Å². The Labute approximate surface area is 127 Å². The molecule has 0 spiro atoms. The molecule has 21 heavy (non-hydrogen) atoms. The van der Waals surface area contributed by atoms with E-state index in [1.54, 1.807) is 6.92 Å². The van der Waals surface area contributed by atoms with Crippen LogP contribution >= 0.6 is 0 Å². The number of rotatable bonds is 6. The minimum Gasteiger partial charge on any atom is -0.480 e. The van der Waals surface area contributed by atoms with Gasteiger partial charge >= 0.3 is 5.97 Å². The quantitative estimate of drug-likeness (QED) is 0.874. The third kappa shape index (κ3) is 4.05. The molecule has 2 atom stereocenters. The maximum absolute atomic E-state index is 11.1. The number of aliphatic carboxylic acids is 1. The first-order valence-electron chi connectivity index (χ1n) is 7.89. The number of piperazine rings is 1.